The summed E-state index contributed by atoms with van der Waals surface area (Å²) in [6.45, 7) is 4.13. The van der Waals surface area contributed by atoms with Gasteiger partial charge in [0.05, 0.1) is 6.61 Å². The van der Waals surface area contributed by atoms with E-state index in [4.69, 9.17) is 12.2 Å². The predicted octanol–water partition coefficient (Wildman–Crippen LogP) is 2.20. The van der Waals surface area contributed by atoms with Gasteiger partial charge in [-0.3, -0.25) is 5.43 Å². The summed E-state index contributed by atoms with van der Waals surface area (Å²) in [6.07, 6.45) is 0.427. The smallest absolute Gasteiger partial charge is 0.425 e. The second-order valence-corrected chi connectivity index (χ2v) is 3.88. The largest absolute Gasteiger partial charge is 0.449 e. The monoisotopic (exact) mass is 267 g/mol. The molecule has 3 N–H and O–H groups in total. The number of hydrazine groups is 1. The highest BCUT2D eigenvalue weighted by molar-refractivity contribution is 7.80. The van der Waals surface area contributed by atoms with E-state index in [2.05, 4.69) is 27.8 Å². The number of anilines is 1. The van der Waals surface area contributed by atoms with Crippen LogP contribution in [0.3, 0.4) is 0 Å². The first kappa shape index (κ1) is 14.2. The van der Waals surface area contributed by atoms with Gasteiger partial charge in [-0.25, -0.2) is 10.2 Å². The highest BCUT2D eigenvalue weighted by atomic mass is 32.1. The van der Waals surface area contributed by atoms with Crippen LogP contribution in [0.5, 0.6) is 0 Å². The van der Waals surface area contributed by atoms with Crippen molar-refractivity contribution in [3.63, 3.8) is 0 Å². The van der Waals surface area contributed by atoms with Gasteiger partial charge in [0.15, 0.2) is 5.11 Å². The Hall–Kier alpha value is -1.82. The number of carbonyl (C=O) groups is 1. The minimum absolute atomic E-state index is 0.298. The number of hydrogen-bond acceptors (Lipinski definition) is 3. The summed E-state index contributed by atoms with van der Waals surface area (Å²) in [5.41, 5.74) is 6.96. The van der Waals surface area contributed by atoms with Crippen LogP contribution in [0.1, 0.15) is 19.4 Å². The Morgan fingerprint density at radius 1 is 1.22 bits per heavy atom. The molecule has 0 aliphatic heterocycles. The predicted molar refractivity (Wildman–Crippen MR) is 75.3 cm³/mol. The summed E-state index contributed by atoms with van der Waals surface area (Å²) in [4.78, 5) is 11.0. The second-order valence-electron chi connectivity index (χ2n) is 3.48. The minimum Gasteiger partial charge on any atom is -0.449 e. The second kappa shape index (κ2) is 7.50. The topological polar surface area (TPSA) is 62.4 Å². The van der Waals surface area contributed by atoms with Crippen LogP contribution >= 0.6 is 12.2 Å². The van der Waals surface area contributed by atoms with Crippen LogP contribution in [-0.2, 0) is 11.2 Å². The van der Waals surface area contributed by atoms with Crippen molar-refractivity contribution in [2.75, 3.05) is 11.9 Å². The van der Waals surface area contributed by atoms with Gasteiger partial charge >= 0.3 is 6.09 Å². The molecule has 1 aromatic carbocycles. The average Bonchev–Trinajstić information content (AvgIpc) is 2.38. The minimum atomic E-state index is -0.567. The Morgan fingerprint density at radius 3 is 2.44 bits per heavy atom. The number of nitrogens with one attached hydrogen (secondary N) is 3. The van der Waals surface area contributed by atoms with Crippen molar-refractivity contribution < 1.29 is 9.53 Å². The Bertz CT molecular complexity index is 406. The zero-order valence-electron chi connectivity index (χ0n) is 10.4. The lowest BCUT2D eigenvalue weighted by atomic mass is 10.1. The molecule has 0 heterocycles. The van der Waals surface area contributed by atoms with Crippen molar-refractivity contribution in [2.45, 2.75) is 20.3 Å². The van der Waals surface area contributed by atoms with Gasteiger partial charge in [0.25, 0.3) is 0 Å². The van der Waals surface area contributed by atoms with Crippen molar-refractivity contribution in [3.8, 4) is 0 Å². The molecule has 0 aliphatic carbocycles. The molecule has 0 spiro atoms. The molecule has 0 aromatic heterocycles. The maximum absolute atomic E-state index is 11.0. The third kappa shape index (κ3) is 5.01. The van der Waals surface area contributed by atoms with Gasteiger partial charge in [0.2, 0.25) is 0 Å². The molecule has 0 unspecified atom stereocenters. The Labute approximate surface area is 112 Å². The first-order valence-electron chi connectivity index (χ1n) is 5.74. The average molecular weight is 267 g/mol. The first-order valence-corrected chi connectivity index (χ1v) is 6.15. The molecule has 0 saturated heterocycles. The Kier molecular flexibility index (Phi) is 5.93. The van der Waals surface area contributed by atoms with Crippen molar-refractivity contribution >= 4 is 29.1 Å². The fourth-order valence-corrected chi connectivity index (χ4v) is 1.43. The number of carbonyl (C=O) groups excluding carboxylic acids is 1. The molecular weight excluding hydrogens is 250 g/mol. The van der Waals surface area contributed by atoms with Crippen LogP contribution in [0, 0.1) is 0 Å². The van der Waals surface area contributed by atoms with E-state index in [-0.39, 0.29) is 0 Å². The van der Waals surface area contributed by atoms with Crippen LogP contribution in [0.2, 0.25) is 0 Å². The number of thiocarbonyl (C=S) groups is 1. The molecule has 98 valence electrons. The Morgan fingerprint density at radius 2 is 1.89 bits per heavy atom. The van der Waals surface area contributed by atoms with E-state index in [1.807, 2.05) is 24.3 Å². The lowest BCUT2D eigenvalue weighted by Crippen LogP contribution is -2.43. The summed E-state index contributed by atoms with van der Waals surface area (Å²) >= 11 is 5.01. The number of ether oxygens (including phenoxy) is 1. The normalized spacial score (nSPS) is 9.44. The van der Waals surface area contributed by atoms with Gasteiger partial charge < -0.3 is 10.1 Å². The zero-order chi connectivity index (χ0) is 13.4. The number of amides is 1. The molecular formula is C12H17N3O2S. The summed E-state index contributed by atoms with van der Waals surface area (Å²) < 4.78 is 4.67. The molecule has 0 fully saturated rings. The molecule has 1 rings (SSSR count). The molecule has 1 aromatic rings. The van der Waals surface area contributed by atoms with Crippen molar-refractivity contribution in [1.82, 2.24) is 10.9 Å². The summed E-state index contributed by atoms with van der Waals surface area (Å²) in [6, 6.07) is 7.89. The highest BCUT2D eigenvalue weighted by Gasteiger charge is 2.01. The molecule has 0 bridgehead atoms. The highest BCUT2D eigenvalue weighted by Crippen LogP contribution is 2.09. The third-order valence-electron chi connectivity index (χ3n) is 2.17. The maximum atomic E-state index is 11.0. The van der Waals surface area contributed by atoms with E-state index in [1.54, 1.807) is 6.92 Å². The van der Waals surface area contributed by atoms with E-state index >= 15 is 0 Å². The Balaban J connectivity index is 2.37. The first-order chi connectivity index (χ1) is 8.65. The molecule has 5 nitrogen and oxygen atoms in total. The summed E-state index contributed by atoms with van der Waals surface area (Å²) in [7, 11) is 0. The van der Waals surface area contributed by atoms with Crippen LogP contribution < -0.4 is 16.2 Å². The van der Waals surface area contributed by atoms with E-state index in [1.165, 1.54) is 5.56 Å². The molecule has 1 amide bonds. The SMILES string of the molecule is CCOC(=O)NNC(=S)Nc1ccc(CC)cc1. The molecule has 0 atom stereocenters. The lowest BCUT2D eigenvalue weighted by Gasteiger charge is -2.11. The molecule has 0 saturated carbocycles. The fourth-order valence-electron chi connectivity index (χ4n) is 1.26. The third-order valence-corrected chi connectivity index (χ3v) is 2.38. The van der Waals surface area contributed by atoms with Gasteiger partial charge in [0, 0.05) is 5.69 Å². The van der Waals surface area contributed by atoms with Crippen LogP contribution in [0.4, 0.5) is 10.5 Å². The number of hydrogen-bond donors (Lipinski definition) is 3. The van der Waals surface area contributed by atoms with Crippen molar-refractivity contribution in [1.29, 1.82) is 0 Å². The van der Waals surface area contributed by atoms with Gasteiger partial charge in [0.1, 0.15) is 0 Å². The van der Waals surface area contributed by atoms with E-state index in [9.17, 15) is 4.79 Å². The molecule has 0 radical (unpaired) electrons. The summed E-state index contributed by atoms with van der Waals surface area (Å²) in [5.74, 6) is 0. The zero-order valence-corrected chi connectivity index (χ0v) is 11.3. The van der Waals surface area contributed by atoms with Crippen LogP contribution in [0.15, 0.2) is 24.3 Å². The molecule has 18 heavy (non-hydrogen) atoms. The van der Waals surface area contributed by atoms with Gasteiger partial charge in [-0.2, -0.15) is 0 Å². The number of benzene rings is 1. The van der Waals surface area contributed by atoms with Gasteiger partial charge in [-0.15, -0.1) is 0 Å². The van der Waals surface area contributed by atoms with Crippen molar-refractivity contribution in [2.24, 2.45) is 0 Å². The number of rotatable bonds is 3. The van der Waals surface area contributed by atoms with Gasteiger partial charge in [-0.05, 0) is 43.3 Å². The summed E-state index contributed by atoms with van der Waals surface area (Å²) in [5, 5.41) is 3.24. The van der Waals surface area contributed by atoms with E-state index in [0.717, 1.165) is 12.1 Å². The number of aryl methyl sites for hydroxylation is 1. The van der Waals surface area contributed by atoms with E-state index in [0.29, 0.717) is 11.7 Å². The van der Waals surface area contributed by atoms with Crippen molar-refractivity contribution in [3.05, 3.63) is 29.8 Å². The molecule has 6 heteroatoms. The van der Waals surface area contributed by atoms with Crippen LogP contribution in [0.25, 0.3) is 0 Å². The maximum Gasteiger partial charge on any atom is 0.425 e. The lowest BCUT2D eigenvalue weighted by molar-refractivity contribution is 0.150. The quantitative estimate of drug-likeness (QED) is 0.579. The van der Waals surface area contributed by atoms with Gasteiger partial charge in [-0.1, -0.05) is 19.1 Å². The molecule has 0 aliphatic rings. The van der Waals surface area contributed by atoms with E-state index < -0.39 is 6.09 Å². The van der Waals surface area contributed by atoms with Crippen LogP contribution in [-0.4, -0.2) is 17.8 Å². The fraction of sp³-hybridized carbons (Fsp3) is 0.333. The standard InChI is InChI=1S/C12H17N3O2S/c1-3-9-5-7-10(8-6-9)13-11(18)14-15-12(16)17-4-2/h5-8H,3-4H2,1-2H3,(H,15,16)(H2,13,14,18).